The summed E-state index contributed by atoms with van der Waals surface area (Å²) in [6, 6.07) is 12.1. The Morgan fingerprint density at radius 1 is 1.24 bits per heavy atom. The number of aliphatic hydroxyl groups excluding tert-OH is 1. The number of aromatic nitrogens is 2. The molecular weight excluding hydrogens is 291 g/mol. The highest BCUT2D eigenvalue weighted by Gasteiger charge is 2.17. The predicted octanol–water partition coefficient (Wildman–Crippen LogP) is 3.93. The van der Waals surface area contributed by atoms with Crippen molar-refractivity contribution in [2.75, 3.05) is 0 Å². The van der Waals surface area contributed by atoms with Crippen molar-refractivity contribution in [3.05, 3.63) is 64.7 Å². The zero-order chi connectivity index (χ0) is 15.0. The molecule has 0 aliphatic carbocycles. The maximum atomic E-state index is 14.0. The zero-order valence-corrected chi connectivity index (χ0v) is 12.2. The Morgan fingerprint density at radius 3 is 2.71 bits per heavy atom. The Morgan fingerprint density at radius 2 is 2.00 bits per heavy atom. The maximum absolute atomic E-state index is 14.0. The van der Waals surface area contributed by atoms with Crippen LogP contribution in [0.5, 0.6) is 0 Å². The van der Waals surface area contributed by atoms with Gasteiger partial charge in [-0.05, 0) is 31.2 Å². The van der Waals surface area contributed by atoms with Crippen LogP contribution in [0.1, 0.15) is 24.4 Å². The molecule has 0 aliphatic heterocycles. The number of hydrogen-bond donors (Lipinski definition) is 1. The molecule has 0 radical (unpaired) electrons. The van der Waals surface area contributed by atoms with Gasteiger partial charge in [0.2, 0.25) is 0 Å². The number of para-hydroxylation sites is 2. The van der Waals surface area contributed by atoms with Crippen molar-refractivity contribution < 1.29 is 9.50 Å². The minimum atomic E-state index is -0.747. The first-order chi connectivity index (χ1) is 10.1. The van der Waals surface area contributed by atoms with Crippen molar-refractivity contribution in [2.45, 2.75) is 19.6 Å². The third-order valence-electron chi connectivity index (χ3n) is 3.44. The number of imidazole rings is 1. The highest BCUT2D eigenvalue weighted by atomic mass is 35.5. The highest BCUT2D eigenvalue weighted by molar-refractivity contribution is 6.31. The number of benzene rings is 2. The lowest BCUT2D eigenvalue weighted by atomic mass is 10.2. The van der Waals surface area contributed by atoms with Crippen LogP contribution in [0.2, 0.25) is 5.02 Å². The van der Waals surface area contributed by atoms with E-state index >= 15 is 0 Å². The summed E-state index contributed by atoms with van der Waals surface area (Å²) >= 11 is 6.09. The molecule has 108 valence electrons. The molecule has 0 saturated heterocycles. The first-order valence-corrected chi connectivity index (χ1v) is 7.02. The van der Waals surface area contributed by atoms with E-state index in [-0.39, 0.29) is 12.4 Å². The van der Waals surface area contributed by atoms with Crippen LogP contribution in [0.25, 0.3) is 11.0 Å². The summed E-state index contributed by atoms with van der Waals surface area (Å²) in [5.41, 5.74) is 2.00. The van der Waals surface area contributed by atoms with E-state index in [9.17, 15) is 9.50 Å². The van der Waals surface area contributed by atoms with Gasteiger partial charge >= 0.3 is 0 Å². The Labute approximate surface area is 126 Å². The van der Waals surface area contributed by atoms with E-state index in [0.29, 0.717) is 16.4 Å². The normalized spacial score (nSPS) is 12.8. The van der Waals surface area contributed by atoms with Gasteiger partial charge in [0.1, 0.15) is 17.7 Å². The largest absolute Gasteiger partial charge is 0.385 e. The van der Waals surface area contributed by atoms with Gasteiger partial charge in [-0.25, -0.2) is 9.37 Å². The number of aliphatic hydroxyl groups is 1. The second-order valence-corrected chi connectivity index (χ2v) is 5.33. The molecule has 0 fully saturated rings. The lowest BCUT2D eigenvalue weighted by Gasteiger charge is -2.12. The first kappa shape index (κ1) is 14.0. The Hall–Kier alpha value is -1.91. The summed E-state index contributed by atoms with van der Waals surface area (Å²) in [6.45, 7) is 1.87. The predicted molar refractivity (Wildman–Crippen MR) is 80.9 cm³/mol. The number of rotatable bonds is 3. The van der Waals surface area contributed by atoms with Crippen molar-refractivity contribution in [1.29, 1.82) is 0 Å². The van der Waals surface area contributed by atoms with E-state index in [2.05, 4.69) is 4.98 Å². The molecule has 0 bridgehead atoms. The van der Waals surface area contributed by atoms with Gasteiger partial charge in [-0.1, -0.05) is 29.8 Å². The van der Waals surface area contributed by atoms with Crippen LogP contribution in [-0.4, -0.2) is 14.7 Å². The fourth-order valence-corrected chi connectivity index (χ4v) is 2.64. The summed E-state index contributed by atoms with van der Waals surface area (Å²) in [6.07, 6.45) is -0.747. The van der Waals surface area contributed by atoms with Crippen LogP contribution >= 0.6 is 11.6 Å². The minimum Gasteiger partial charge on any atom is -0.385 e. The quantitative estimate of drug-likeness (QED) is 0.796. The van der Waals surface area contributed by atoms with E-state index in [1.54, 1.807) is 23.6 Å². The van der Waals surface area contributed by atoms with Crippen molar-refractivity contribution in [2.24, 2.45) is 0 Å². The van der Waals surface area contributed by atoms with Crippen molar-refractivity contribution >= 4 is 22.6 Å². The fourth-order valence-electron chi connectivity index (χ4n) is 2.42. The van der Waals surface area contributed by atoms with Crippen LogP contribution in [0.3, 0.4) is 0 Å². The number of nitrogens with zero attached hydrogens (tertiary/aromatic N) is 2. The summed E-state index contributed by atoms with van der Waals surface area (Å²) in [5.74, 6) is 0.132. The van der Waals surface area contributed by atoms with Crippen molar-refractivity contribution in [3.63, 3.8) is 0 Å². The molecule has 3 rings (SSSR count). The average molecular weight is 305 g/mol. The van der Waals surface area contributed by atoms with Gasteiger partial charge in [0.25, 0.3) is 0 Å². The number of fused-ring (bicyclic) bond motifs is 1. The van der Waals surface area contributed by atoms with Crippen LogP contribution in [0.15, 0.2) is 42.5 Å². The van der Waals surface area contributed by atoms with E-state index in [1.165, 1.54) is 6.07 Å². The van der Waals surface area contributed by atoms with Gasteiger partial charge in [-0.15, -0.1) is 0 Å². The molecule has 0 aliphatic rings. The summed E-state index contributed by atoms with van der Waals surface area (Å²) < 4.78 is 15.8. The van der Waals surface area contributed by atoms with E-state index < -0.39 is 6.10 Å². The monoisotopic (exact) mass is 304 g/mol. The molecule has 21 heavy (non-hydrogen) atoms. The second-order valence-electron chi connectivity index (χ2n) is 4.92. The summed E-state index contributed by atoms with van der Waals surface area (Å²) in [5, 5.41) is 10.3. The van der Waals surface area contributed by atoms with E-state index in [1.807, 2.05) is 24.3 Å². The van der Waals surface area contributed by atoms with Crippen LogP contribution in [-0.2, 0) is 6.54 Å². The maximum Gasteiger partial charge on any atom is 0.138 e. The topological polar surface area (TPSA) is 38.1 Å². The molecule has 0 spiro atoms. The van der Waals surface area contributed by atoms with E-state index in [0.717, 1.165) is 11.0 Å². The summed E-state index contributed by atoms with van der Waals surface area (Å²) in [7, 11) is 0. The Balaban J connectivity index is 2.17. The SMILES string of the molecule is CC(O)c1nc2ccccc2n1Cc1c(F)cccc1Cl. The molecule has 1 atom stereocenters. The molecule has 3 nitrogen and oxygen atoms in total. The van der Waals surface area contributed by atoms with E-state index in [4.69, 9.17) is 11.6 Å². The molecule has 0 saturated carbocycles. The average Bonchev–Trinajstić information content (AvgIpc) is 2.82. The molecule has 2 aromatic carbocycles. The second kappa shape index (κ2) is 5.47. The third kappa shape index (κ3) is 2.52. The Bertz CT molecular complexity index is 778. The molecule has 1 unspecified atom stereocenters. The van der Waals surface area contributed by atoms with Gasteiger partial charge in [0.15, 0.2) is 0 Å². The van der Waals surface area contributed by atoms with Gasteiger partial charge < -0.3 is 9.67 Å². The van der Waals surface area contributed by atoms with Crippen LogP contribution < -0.4 is 0 Å². The highest BCUT2D eigenvalue weighted by Crippen LogP contribution is 2.26. The molecule has 3 aromatic rings. The molecule has 5 heteroatoms. The standard InChI is InChI=1S/C16H14ClFN2O/c1-10(21)16-19-14-7-2-3-8-15(14)20(16)9-11-12(17)5-4-6-13(11)18/h2-8,10,21H,9H2,1H3. The summed E-state index contributed by atoms with van der Waals surface area (Å²) in [4.78, 5) is 4.42. The molecule has 1 N–H and O–H groups in total. The molecule has 1 heterocycles. The number of halogens is 2. The molecule has 0 amide bonds. The zero-order valence-electron chi connectivity index (χ0n) is 11.4. The van der Waals surface area contributed by atoms with Crippen molar-refractivity contribution in [1.82, 2.24) is 9.55 Å². The van der Waals surface area contributed by atoms with Crippen LogP contribution in [0.4, 0.5) is 4.39 Å². The first-order valence-electron chi connectivity index (χ1n) is 6.64. The number of hydrogen-bond acceptors (Lipinski definition) is 2. The smallest absolute Gasteiger partial charge is 0.138 e. The van der Waals surface area contributed by atoms with Gasteiger partial charge in [-0.2, -0.15) is 0 Å². The van der Waals surface area contributed by atoms with Crippen molar-refractivity contribution in [3.8, 4) is 0 Å². The minimum absolute atomic E-state index is 0.228. The lowest BCUT2D eigenvalue weighted by molar-refractivity contribution is 0.185. The van der Waals surface area contributed by atoms with Crippen LogP contribution in [0, 0.1) is 5.82 Å². The van der Waals surface area contributed by atoms with Gasteiger partial charge in [0.05, 0.1) is 17.6 Å². The fraction of sp³-hybridized carbons (Fsp3) is 0.188. The van der Waals surface area contributed by atoms with Gasteiger partial charge in [-0.3, -0.25) is 0 Å². The molecule has 1 aromatic heterocycles. The molecular formula is C16H14ClFN2O. The Kier molecular flexibility index (Phi) is 3.66. The lowest BCUT2D eigenvalue weighted by Crippen LogP contribution is -2.09. The third-order valence-corrected chi connectivity index (χ3v) is 3.79. The van der Waals surface area contributed by atoms with Gasteiger partial charge in [0, 0.05) is 10.6 Å².